The van der Waals surface area contributed by atoms with Gasteiger partial charge in [0.1, 0.15) is 22.6 Å². The highest BCUT2D eigenvalue weighted by Gasteiger charge is 2.18. The number of nitrogens with zero attached hydrogens (tertiary/aromatic N) is 8. The molecule has 0 atom stereocenters. The quantitative estimate of drug-likeness (QED) is 0.125. The van der Waals surface area contributed by atoms with E-state index in [0.717, 1.165) is 71.3 Å². The molecule has 14 nitrogen and oxygen atoms in total. The first kappa shape index (κ1) is 41.2. The molecule has 0 aliphatic carbocycles. The summed E-state index contributed by atoms with van der Waals surface area (Å²) in [5.74, 6) is 4.23. The maximum absolute atomic E-state index is 5.90. The Balaban J connectivity index is 0.000000160. The highest BCUT2D eigenvalue weighted by atomic mass is 35.5. The molecule has 6 aromatic rings. The first-order valence-electron chi connectivity index (χ1n) is 19.3. The molecule has 0 radical (unpaired) electrons. The van der Waals surface area contributed by atoms with Crippen LogP contribution in [0.5, 0.6) is 11.8 Å². The Morgan fingerprint density at radius 3 is 1.65 bits per heavy atom. The number of hydrogen-bond donors (Lipinski definition) is 4. The highest BCUT2D eigenvalue weighted by Crippen LogP contribution is 2.22. The number of nitrogen functional groups attached to an aromatic ring is 2. The number of pyridine rings is 2. The van der Waals surface area contributed by atoms with Crippen LogP contribution in [0.25, 0.3) is 21.5 Å². The number of nitrogens with two attached hydrogens (primary N) is 3. The van der Waals surface area contributed by atoms with E-state index in [1.807, 2.05) is 42.5 Å². The van der Waals surface area contributed by atoms with Crippen molar-refractivity contribution in [3.8, 4) is 11.8 Å². The molecule has 300 valence electrons. The fourth-order valence-electron chi connectivity index (χ4n) is 6.65. The molecule has 2 aliphatic rings. The minimum Gasteiger partial charge on any atom is -0.476 e. The number of anilines is 3. The van der Waals surface area contributed by atoms with Gasteiger partial charge in [0.2, 0.25) is 11.8 Å². The van der Waals surface area contributed by atoms with Crippen molar-refractivity contribution in [1.82, 2.24) is 39.7 Å². The normalized spacial score (nSPS) is 15.3. The highest BCUT2D eigenvalue weighted by molar-refractivity contribution is 6.29. The van der Waals surface area contributed by atoms with Gasteiger partial charge in [-0.25, -0.2) is 29.9 Å². The monoisotopic (exact) mass is 792 g/mol. The summed E-state index contributed by atoms with van der Waals surface area (Å²) in [4.78, 5) is 29.6. The molecule has 0 saturated carbocycles. The Morgan fingerprint density at radius 1 is 0.649 bits per heavy atom. The van der Waals surface area contributed by atoms with Gasteiger partial charge in [-0.1, -0.05) is 35.9 Å². The van der Waals surface area contributed by atoms with E-state index in [1.54, 1.807) is 31.0 Å². The summed E-state index contributed by atoms with van der Waals surface area (Å²) in [6.45, 7) is 7.23. The third-order valence-electron chi connectivity index (χ3n) is 10.3. The van der Waals surface area contributed by atoms with Crippen molar-refractivity contribution in [2.45, 2.75) is 38.8 Å². The third kappa shape index (κ3) is 12.5. The molecule has 0 amide bonds. The SMILES string of the molecule is CN1CCC(COc2cnc(Cl)cn2)CC1.CN1CCC(COc2cnc(NCc3ccc4c(N)nccc4c3)cn2)CC1.NCc1ccc2c(N)nccc2c1. The summed E-state index contributed by atoms with van der Waals surface area (Å²) < 4.78 is 11.4. The van der Waals surface area contributed by atoms with Crippen molar-refractivity contribution in [2.24, 2.45) is 17.6 Å². The van der Waals surface area contributed by atoms with Gasteiger partial charge in [0.25, 0.3) is 0 Å². The Hall–Kier alpha value is -5.41. The summed E-state index contributed by atoms with van der Waals surface area (Å²) in [5, 5.41) is 7.82. The fraction of sp³-hybridized carbons (Fsp3) is 0.381. The predicted molar refractivity (Wildman–Crippen MR) is 228 cm³/mol. The molecule has 15 heteroatoms. The van der Waals surface area contributed by atoms with Crippen molar-refractivity contribution in [1.29, 1.82) is 0 Å². The van der Waals surface area contributed by atoms with Crippen LogP contribution in [0.3, 0.4) is 0 Å². The van der Waals surface area contributed by atoms with Gasteiger partial charge >= 0.3 is 0 Å². The molecule has 2 fully saturated rings. The summed E-state index contributed by atoms with van der Waals surface area (Å²) >= 11 is 5.64. The minimum absolute atomic E-state index is 0.395. The zero-order valence-electron chi connectivity index (χ0n) is 32.7. The number of aromatic nitrogens is 6. The molecular formula is C42H53ClN12O2. The van der Waals surface area contributed by atoms with E-state index in [-0.39, 0.29) is 0 Å². The third-order valence-corrected chi connectivity index (χ3v) is 10.5. The number of nitrogens with one attached hydrogen (secondary N) is 1. The number of rotatable bonds is 10. The standard InChI is InChI=1S/C21H26N6O.C11H16ClN3O.C10H11N3/c1-27-8-5-15(6-9-27)14-28-20-13-25-19(12-26-20)24-11-16-2-3-18-17(10-16)4-7-23-21(18)22;1-15-4-2-9(3-5-15)8-16-11-7-13-10(12)6-14-11;11-6-7-1-2-9-8(5-7)3-4-13-10(9)12/h2-4,7,10,12-13,15H,5-6,8-9,11,14H2,1H3,(H2,22,23)(H,24,25);6-7,9H,2-5,8H2,1H3;1-5H,6,11H2,(H2,12,13). The Labute approximate surface area is 339 Å². The van der Waals surface area contributed by atoms with Crippen LogP contribution in [-0.2, 0) is 13.1 Å². The molecular weight excluding hydrogens is 740 g/mol. The molecule has 57 heavy (non-hydrogen) atoms. The van der Waals surface area contributed by atoms with E-state index in [9.17, 15) is 0 Å². The maximum atomic E-state index is 5.90. The summed E-state index contributed by atoms with van der Waals surface area (Å²) in [5.41, 5.74) is 19.4. The second-order valence-corrected chi connectivity index (χ2v) is 15.0. The molecule has 2 aromatic carbocycles. The second kappa shape index (κ2) is 20.7. The number of benzene rings is 2. The molecule has 6 heterocycles. The minimum atomic E-state index is 0.395. The Kier molecular flexibility index (Phi) is 14.9. The lowest BCUT2D eigenvalue weighted by Crippen LogP contribution is -2.32. The number of fused-ring (bicyclic) bond motifs is 2. The van der Waals surface area contributed by atoms with Gasteiger partial charge in [0.15, 0.2) is 0 Å². The summed E-state index contributed by atoms with van der Waals surface area (Å²) in [6.07, 6.45) is 14.6. The van der Waals surface area contributed by atoms with Crippen LogP contribution in [0, 0.1) is 11.8 Å². The lowest BCUT2D eigenvalue weighted by atomic mass is 9.98. The van der Waals surface area contributed by atoms with Crippen LogP contribution < -0.4 is 32.0 Å². The molecule has 2 saturated heterocycles. The van der Waals surface area contributed by atoms with E-state index in [0.29, 0.717) is 60.1 Å². The summed E-state index contributed by atoms with van der Waals surface area (Å²) in [7, 11) is 4.32. The zero-order valence-corrected chi connectivity index (χ0v) is 33.5. The van der Waals surface area contributed by atoms with Crippen LogP contribution >= 0.6 is 11.6 Å². The van der Waals surface area contributed by atoms with Gasteiger partial charge in [-0.15, -0.1) is 0 Å². The Bertz CT molecular complexity index is 2140. The van der Waals surface area contributed by atoms with Gasteiger partial charge < -0.3 is 41.8 Å². The molecule has 4 aromatic heterocycles. The van der Waals surface area contributed by atoms with E-state index in [1.165, 1.54) is 31.9 Å². The van der Waals surface area contributed by atoms with Gasteiger partial charge in [0, 0.05) is 36.3 Å². The topological polar surface area (TPSA) is 192 Å². The number of ether oxygens (including phenoxy) is 2. The molecule has 7 N–H and O–H groups in total. The molecule has 0 spiro atoms. The first-order valence-corrected chi connectivity index (χ1v) is 19.7. The van der Waals surface area contributed by atoms with Crippen LogP contribution in [0.2, 0.25) is 5.15 Å². The van der Waals surface area contributed by atoms with Crippen LogP contribution in [0.1, 0.15) is 36.8 Å². The zero-order chi connectivity index (χ0) is 40.0. The van der Waals surface area contributed by atoms with Crippen LogP contribution in [-0.4, -0.2) is 93.2 Å². The largest absolute Gasteiger partial charge is 0.476 e. The van der Waals surface area contributed by atoms with E-state index >= 15 is 0 Å². The van der Waals surface area contributed by atoms with E-state index in [4.69, 9.17) is 38.3 Å². The second-order valence-electron chi connectivity index (χ2n) is 14.6. The van der Waals surface area contributed by atoms with Crippen molar-refractivity contribution < 1.29 is 9.47 Å². The smallest absolute Gasteiger partial charge is 0.232 e. The average molecular weight is 793 g/mol. The van der Waals surface area contributed by atoms with Gasteiger partial charge in [-0.05, 0) is 124 Å². The van der Waals surface area contributed by atoms with Crippen LogP contribution in [0.4, 0.5) is 17.5 Å². The fourth-order valence-corrected chi connectivity index (χ4v) is 6.75. The van der Waals surface area contributed by atoms with Crippen molar-refractivity contribution in [3.63, 3.8) is 0 Å². The van der Waals surface area contributed by atoms with E-state index in [2.05, 4.69) is 65.2 Å². The van der Waals surface area contributed by atoms with Gasteiger partial charge in [0.05, 0.1) is 38.0 Å². The number of halogens is 1. The number of piperidine rings is 2. The Morgan fingerprint density at radius 2 is 1.16 bits per heavy atom. The lowest BCUT2D eigenvalue weighted by Gasteiger charge is -2.28. The number of likely N-dealkylation sites (tertiary alicyclic amines) is 2. The maximum Gasteiger partial charge on any atom is 0.232 e. The van der Waals surface area contributed by atoms with Crippen LogP contribution in [0.15, 0.2) is 85.7 Å². The molecule has 0 unspecified atom stereocenters. The molecule has 2 aliphatic heterocycles. The van der Waals surface area contributed by atoms with Crippen molar-refractivity contribution in [3.05, 3.63) is 102 Å². The van der Waals surface area contributed by atoms with Gasteiger partial charge in [-0.2, -0.15) is 0 Å². The summed E-state index contributed by atoms with van der Waals surface area (Å²) in [6, 6.07) is 16.0. The van der Waals surface area contributed by atoms with E-state index < -0.39 is 0 Å². The van der Waals surface area contributed by atoms with Crippen molar-refractivity contribution >= 4 is 50.6 Å². The lowest BCUT2D eigenvalue weighted by molar-refractivity contribution is 0.156. The first-order chi connectivity index (χ1) is 27.7. The molecule has 0 bridgehead atoms. The number of hydrogen-bond acceptors (Lipinski definition) is 14. The predicted octanol–water partition coefficient (Wildman–Crippen LogP) is 6.07. The van der Waals surface area contributed by atoms with Crippen molar-refractivity contribution in [2.75, 3.05) is 70.3 Å². The van der Waals surface area contributed by atoms with Gasteiger partial charge in [-0.3, -0.25) is 0 Å². The molecule has 8 rings (SSSR count). The average Bonchev–Trinajstić information content (AvgIpc) is 3.24.